The molecule has 0 unspecified atom stereocenters. The van der Waals surface area contributed by atoms with Gasteiger partial charge >= 0.3 is 11.9 Å². The molecule has 0 amide bonds. The largest absolute Gasteiger partial charge is 0.463 e. The summed E-state index contributed by atoms with van der Waals surface area (Å²) in [6.45, 7) is 4.12. The van der Waals surface area contributed by atoms with Gasteiger partial charge in [0.15, 0.2) is 0 Å². The first-order valence-corrected chi connectivity index (χ1v) is 18.8. The zero-order chi connectivity index (χ0) is 33.8. The van der Waals surface area contributed by atoms with Crippen LogP contribution >= 0.6 is 0 Å². The summed E-state index contributed by atoms with van der Waals surface area (Å²) in [7, 11) is 0. The van der Waals surface area contributed by atoms with Crippen LogP contribution in [0, 0.1) is 0 Å². The standard InChI is InChI=1S/C40H70O6/c1-3-5-7-8-9-10-11-12-13-16-19-22-25-29-33-39(43)45-35-38(42)36-46-40(44)34-30-26-23-20-17-14-15-18-21-24-28-32-37(41)31-27-6-4-2/h14-15,20-21,23-24,28,32,37-38,41-42H,3-13,16-19,22,25-27,29-31,33-36H2,1-2H3/b15-14-,23-20-,24-21-,32-28+/t37-,38+/m1/s1. The number of aliphatic hydroxyl groups excluding tert-OH is 2. The minimum Gasteiger partial charge on any atom is -0.463 e. The maximum absolute atomic E-state index is 11.9. The lowest BCUT2D eigenvalue weighted by molar-refractivity contribution is -0.152. The fourth-order valence-electron chi connectivity index (χ4n) is 5.01. The van der Waals surface area contributed by atoms with Crippen LogP contribution in [0.25, 0.3) is 0 Å². The van der Waals surface area contributed by atoms with E-state index in [1.54, 1.807) is 0 Å². The van der Waals surface area contributed by atoms with E-state index in [1.165, 1.54) is 77.0 Å². The predicted molar refractivity (Wildman–Crippen MR) is 193 cm³/mol. The zero-order valence-electron chi connectivity index (χ0n) is 29.7. The fraction of sp³-hybridized carbons (Fsp3) is 0.750. The van der Waals surface area contributed by atoms with Gasteiger partial charge in [-0.2, -0.15) is 0 Å². The number of rotatable bonds is 33. The van der Waals surface area contributed by atoms with E-state index in [9.17, 15) is 19.8 Å². The number of unbranched alkanes of at least 4 members (excludes halogenated alkanes) is 16. The first kappa shape index (κ1) is 43.8. The first-order chi connectivity index (χ1) is 22.5. The van der Waals surface area contributed by atoms with Crippen LogP contribution in [0.4, 0.5) is 0 Å². The molecule has 0 fully saturated rings. The molecule has 0 bridgehead atoms. The van der Waals surface area contributed by atoms with Crippen molar-refractivity contribution in [3.63, 3.8) is 0 Å². The van der Waals surface area contributed by atoms with E-state index in [2.05, 4.69) is 44.2 Å². The summed E-state index contributed by atoms with van der Waals surface area (Å²) in [5.41, 5.74) is 0. The number of hydrogen-bond donors (Lipinski definition) is 2. The Morgan fingerprint density at radius 2 is 1.00 bits per heavy atom. The predicted octanol–water partition coefficient (Wildman–Crippen LogP) is 10.4. The molecule has 0 saturated heterocycles. The van der Waals surface area contributed by atoms with Crippen LogP contribution < -0.4 is 0 Å². The van der Waals surface area contributed by atoms with Crippen molar-refractivity contribution in [3.8, 4) is 0 Å². The van der Waals surface area contributed by atoms with Crippen molar-refractivity contribution in [2.45, 2.75) is 180 Å². The molecular formula is C40H70O6. The highest BCUT2D eigenvalue weighted by Crippen LogP contribution is 2.13. The van der Waals surface area contributed by atoms with E-state index in [0.29, 0.717) is 12.8 Å². The molecule has 0 aromatic rings. The molecule has 6 nitrogen and oxygen atoms in total. The van der Waals surface area contributed by atoms with Gasteiger partial charge in [0.05, 0.1) is 6.10 Å². The molecule has 2 atom stereocenters. The summed E-state index contributed by atoms with van der Waals surface area (Å²) in [4.78, 5) is 23.9. The Labute approximate surface area is 282 Å². The van der Waals surface area contributed by atoms with E-state index in [-0.39, 0.29) is 37.7 Å². The second-order valence-electron chi connectivity index (χ2n) is 12.5. The Bertz CT molecular complexity index is 800. The molecule has 0 radical (unpaired) electrons. The lowest BCUT2D eigenvalue weighted by Crippen LogP contribution is -2.25. The molecule has 0 aliphatic carbocycles. The van der Waals surface area contributed by atoms with Crippen LogP contribution in [-0.4, -0.2) is 47.6 Å². The van der Waals surface area contributed by atoms with Crippen LogP contribution in [0.3, 0.4) is 0 Å². The van der Waals surface area contributed by atoms with E-state index in [4.69, 9.17) is 9.47 Å². The van der Waals surface area contributed by atoms with Gasteiger partial charge in [-0.1, -0.05) is 165 Å². The zero-order valence-corrected chi connectivity index (χ0v) is 29.7. The van der Waals surface area contributed by atoms with Gasteiger partial charge in [-0.3, -0.25) is 9.59 Å². The van der Waals surface area contributed by atoms with Gasteiger partial charge in [-0.15, -0.1) is 0 Å². The number of ether oxygens (including phenoxy) is 2. The second kappa shape index (κ2) is 35.7. The van der Waals surface area contributed by atoms with E-state index in [1.807, 2.05) is 18.2 Å². The van der Waals surface area contributed by atoms with Crippen molar-refractivity contribution in [3.05, 3.63) is 48.6 Å². The highest BCUT2D eigenvalue weighted by atomic mass is 16.6. The molecule has 0 saturated carbocycles. The van der Waals surface area contributed by atoms with Gasteiger partial charge in [0.2, 0.25) is 0 Å². The molecular weight excluding hydrogens is 576 g/mol. The summed E-state index contributed by atoms with van der Waals surface area (Å²) in [5, 5.41) is 19.8. The summed E-state index contributed by atoms with van der Waals surface area (Å²) < 4.78 is 10.3. The highest BCUT2D eigenvalue weighted by Gasteiger charge is 2.12. The average molecular weight is 647 g/mol. The van der Waals surface area contributed by atoms with Crippen molar-refractivity contribution in [2.24, 2.45) is 0 Å². The van der Waals surface area contributed by atoms with E-state index >= 15 is 0 Å². The first-order valence-electron chi connectivity index (χ1n) is 18.8. The van der Waals surface area contributed by atoms with Crippen LogP contribution in [0.1, 0.15) is 168 Å². The monoisotopic (exact) mass is 647 g/mol. The van der Waals surface area contributed by atoms with Crippen molar-refractivity contribution in [1.29, 1.82) is 0 Å². The average Bonchev–Trinajstić information content (AvgIpc) is 3.05. The van der Waals surface area contributed by atoms with Gasteiger partial charge in [0.1, 0.15) is 19.3 Å². The number of carbonyl (C=O) groups is 2. The summed E-state index contributed by atoms with van der Waals surface area (Å²) in [5.74, 6) is -0.654. The van der Waals surface area contributed by atoms with Gasteiger partial charge in [0.25, 0.3) is 0 Å². The van der Waals surface area contributed by atoms with Gasteiger partial charge < -0.3 is 19.7 Å². The van der Waals surface area contributed by atoms with E-state index in [0.717, 1.165) is 57.8 Å². The second-order valence-corrected chi connectivity index (χ2v) is 12.5. The molecule has 2 N–H and O–H groups in total. The molecule has 0 rings (SSSR count). The fourth-order valence-corrected chi connectivity index (χ4v) is 5.01. The third-order valence-corrected chi connectivity index (χ3v) is 7.92. The maximum Gasteiger partial charge on any atom is 0.305 e. The smallest absolute Gasteiger partial charge is 0.305 e. The Hall–Kier alpha value is -2.18. The molecule has 266 valence electrons. The van der Waals surface area contributed by atoms with Crippen LogP contribution in [-0.2, 0) is 19.1 Å². The van der Waals surface area contributed by atoms with Crippen LogP contribution in [0.15, 0.2) is 48.6 Å². The molecule has 6 heteroatoms. The lowest BCUT2D eigenvalue weighted by Gasteiger charge is -2.12. The molecule has 0 aliphatic rings. The maximum atomic E-state index is 11.9. The van der Waals surface area contributed by atoms with E-state index < -0.39 is 6.10 Å². The minimum absolute atomic E-state index is 0.143. The SMILES string of the molecule is CCCCCCCCCCCCCCCCC(=O)OC[C@H](O)COC(=O)CCC/C=C\C/C=C\C/C=C\C=C\[C@H](O)CCCCC. The van der Waals surface area contributed by atoms with Gasteiger partial charge in [-0.05, 0) is 38.5 Å². The molecule has 0 aromatic carbocycles. The summed E-state index contributed by atoms with van der Waals surface area (Å²) in [6.07, 6.45) is 40.6. The van der Waals surface area contributed by atoms with Gasteiger partial charge in [0, 0.05) is 12.8 Å². The van der Waals surface area contributed by atoms with Crippen molar-refractivity contribution in [2.75, 3.05) is 13.2 Å². The third-order valence-electron chi connectivity index (χ3n) is 7.92. The Morgan fingerprint density at radius 1 is 0.543 bits per heavy atom. The molecule has 0 aliphatic heterocycles. The molecule has 0 heterocycles. The van der Waals surface area contributed by atoms with Crippen molar-refractivity contribution >= 4 is 11.9 Å². The number of carbonyl (C=O) groups excluding carboxylic acids is 2. The Kier molecular flexibility index (Phi) is 34.0. The van der Waals surface area contributed by atoms with Gasteiger partial charge in [-0.25, -0.2) is 0 Å². The quantitative estimate of drug-likeness (QED) is 0.0319. The van der Waals surface area contributed by atoms with Crippen LogP contribution in [0.5, 0.6) is 0 Å². The normalized spacial score (nSPS) is 13.4. The molecule has 0 aromatic heterocycles. The van der Waals surface area contributed by atoms with Crippen molar-refractivity contribution < 1.29 is 29.3 Å². The Morgan fingerprint density at radius 3 is 1.57 bits per heavy atom. The number of hydrogen-bond acceptors (Lipinski definition) is 6. The van der Waals surface area contributed by atoms with Crippen molar-refractivity contribution in [1.82, 2.24) is 0 Å². The number of esters is 2. The van der Waals surface area contributed by atoms with Crippen LogP contribution in [0.2, 0.25) is 0 Å². The topological polar surface area (TPSA) is 93.1 Å². The Balaban J connectivity index is 3.59. The number of aliphatic hydroxyl groups is 2. The molecule has 0 spiro atoms. The third kappa shape index (κ3) is 34.7. The lowest BCUT2D eigenvalue weighted by atomic mass is 10.0. The summed E-state index contributed by atoms with van der Waals surface area (Å²) >= 11 is 0. The number of allylic oxidation sites excluding steroid dienone is 7. The minimum atomic E-state index is -0.996. The summed E-state index contributed by atoms with van der Waals surface area (Å²) in [6, 6.07) is 0. The molecule has 46 heavy (non-hydrogen) atoms. The highest BCUT2D eigenvalue weighted by molar-refractivity contribution is 5.69.